The van der Waals surface area contributed by atoms with Crippen LogP contribution in [-0.4, -0.2) is 54.6 Å². The van der Waals surface area contributed by atoms with E-state index in [1.807, 2.05) is 38.4 Å². The van der Waals surface area contributed by atoms with Crippen LogP contribution in [0.15, 0.2) is 42.7 Å². The maximum atomic E-state index is 12.5. The highest BCUT2D eigenvalue weighted by molar-refractivity contribution is 6.05. The molecule has 2 aromatic heterocycles. The summed E-state index contributed by atoms with van der Waals surface area (Å²) in [5.41, 5.74) is 9.62. The molecule has 0 saturated heterocycles. The second-order valence-electron chi connectivity index (χ2n) is 7.05. The summed E-state index contributed by atoms with van der Waals surface area (Å²) < 4.78 is 5.24. The van der Waals surface area contributed by atoms with E-state index < -0.39 is 0 Å². The van der Waals surface area contributed by atoms with E-state index in [4.69, 9.17) is 10.5 Å². The Hall–Kier alpha value is -3.19. The normalized spacial score (nSPS) is 11.0. The van der Waals surface area contributed by atoms with Crippen LogP contribution in [0.2, 0.25) is 0 Å². The first kappa shape index (κ1) is 20.5. The molecule has 0 radical (unpaired) electrons. The van der Waals surface area contributed by atoms with Gasteiger partial charge in [-0.15, -0.1) is 0 Å². The van der Waals surface area contributed by atoms with Crippen LogP contribution < -0.4 is 11.1 Å². The van der Waals surface area contributed by atoms with E-state index in [2.05, 4.69) is 20.2 Å². The topological polar surface area (TPSA) is 93.4 Å². The Bertz CT molecular complexity index is 986. The summed E-state index contributed by atoms with van der Waals surface area (Å²) in [6.45, 7) is 3.79. The molecule has 0 amide bonds. The van der Waals surface area contributed by atoms with Gasteiger partial charge in [-0.3, -0.25) is 4.98 Å². The van der Waals surface area contributed by atoms with Crippen molar-refractivity contribution in [2.45, 2.75) is 13.3 Å². The number of hydrogen-bond donors (Lipinski definition) is 2. The Morgan fingerprint density at radius 2 is 1.93 bits per heavy atom. The molecule has 0 aliphatic rings. The molecule has 0 bridgehead atoms. The zero-order chi connectivity index (χ0) is 20.8. The van der Waals surface area contributed by atoms with Crippen LogP contribution in [0.1, 0.15) is 23.7 Å². The summed E-state index contributed by atoms with van der Waals surface area (Å²) >= 11 is 0. The van der Waals surface area contributed by atoms with Crippen molar-refractivity contribution in [3.05, 3.63) is 48.3 Å². The number of benzene rings is 1. The standard InChI is InChI=1S/C22H27N5O2/c1-4-29-22(28)18-14-25-19-8-6-15(16-7-9-20(23)26-13-16)12-17(19)21(18)24-10-5-11-27(2)3/h6-9,12-14H,4-5,10-11H2,1-3H3,(H2,23,26)(H,24,25). The summed E-state index contributed by atoms with van der Waals surface area (Å²) in [7, 11) is 4.08. The molecule has 0 aliphatic carbocycles. The molecule has 7 nitrogen and oxygen atoms in total. The van der Waals surface area contributed by atoms with Crippen molar-refractivity contribution in [1.29, 1.82) is 0 Å². The number of carbonyl (C=O) groups excluding carboxylic acids is 1. The van der Waals surface area contributed by atoms with Gasteiger partial charge in [-0.05, 0) is 63.8 Å². The lowest BCUT2D eigenvalue weighted by Gasteiger charge is -2.16. The smallest absolute Gasteiger partial charge is 0.341 e. The SMILES string of the molecule is CCOC(=O)c1cnc2ccc(-c3ccc(N)nc3)cc2c1NCCCN(C)C. The third kappa shape index (κ3) is 5.00. The summed E-state index contributed by atoms with van der Waals surface area (Å²) in [6.07, 6.45) is 4.27. The number of nitrogens with zero attached hydrogens (tertiary/aromatic N) is 3. The van der Waals surface area contributed by atoms with E-state index in [0.717, 1.165) is 47.2 Å². The van der Waals surface area contributed by atoms with E-state index >= 15 is 0 Å². The van der Waals surface area contributed by atoms with E-state index in [-0.39, 0.29) is 5.97 Å². The summed E-state index contributed by atoms with van der Waals surface area (Å²) in [6, 6.07) is 9.65. The number of aromatic nitrogens is 2. The van der Waals surface area contributed by atoms with Crippen LogP contribution in [0.3, 0.4) is 0 Å². The third-order valence-corrected chi connectivity index (χ3v) is 4.57. The molecule has 2 heterocycles. The van der Waals surface area contributed by atoms with Crippen LogP contribution in [0.25, 0.3) is 22.0 Å². The number of nitrogens with two attached hydrogens (primary N) is 1. The Balaban J connectivity index is 2.03. The summed E-state index contributed by atoms with van der Waals surface area (Å²) in [5.74, 6) is 0.0978. The Morgan fingerprint density at radius 1 is 1.14 bits per heavy atom. The lowest BCUT2D eigenvalue weighted by atomic mass is 10.0. The minimum atomic E-state index is -0.378. The molecule has 3 aromatic rings. The molecule has 1 aromatic carbocycles. The Morgan fingerprint density at radius 3 is 2.62 bits per heavy atom. The lowest BCUT2D eigenvalue weighted by Crippen LogP contribution is -2.17. The van der Waals surface area contributed by atoms with Gasteiger partial charge in [0, 0.05) is 29.9 Å². The Labute approximate surface area is 170 Å². The minimum absolute atomic E-state index is 0.314. The van der Waals surface area contributed by atoms with Gasteiger partial charge in [0.25, 0.3) is 0 Å². The summed E-state index contributed by atoms with van der Waals surface area (Å²) in [5, 5.41) is 4.31. The third-order valence-electron chi connectivity index (χ3n) is 4.57. The summed E-state index contributed by atoms with van der Waals surface area (Å²) in [4.78, 5) is 23.3. The largest absolute Gasteiger partial charge is 0.462 e. The fourth-order valence-corrected chi connectivity index (χ4v) is 3.11. The molecule has 152 valence electrons. The van der Waals surface area contributed by atoms with Crippen molar-refractivity contribution < 1.29 is 9.53 Å². The van der Waals surface area contributed by atoms with Crippen molar-refractivity contribution in [2.24, 2.45) is 0 Å². The number of esters is 1. The highest BCUT2D eigenvalue weighted by Gasteiger charge is 2.17. The van der Waals surface area contributed by atoms with Gasteiger partial charge in [0.15, 0.2) is 0 Å². The molecule has 3 rings (SSSR count). The van der Waals surface area contributed by atoms with Crippen molar-refractivity contribution >= 4 is 28.4 Å². The maximum absolute atomic E-state index is 12.5. The molecule has 0 spiro atoms. The van der Waals surface area contributed by atoms with Crippen molar-refractivity contribution in [3.63, 3.8) is 0 Å². The molecule has 0 unspecified atom stereocenters. The van der Waals surface area contributed by atoms with Gasteiger partial charge in [-0.1, -0.05) is 6.07 Å². The zero-order valence-electron chi connectivity index (χ0n) is 17.1. The molecule has 0 atom stereocenters. The number of carbonyl (C=O) groups is 1. The average Bonchev–Trinajstić information content (AvgIpc) is 2.71. The molecule has 3 N–H and O–H groups in total. The number of anilines is 2. The number of nitrogen functional groups attached to an aromatic ring is 1. The minimum Gasteiger partial charge on any atom is -0.462 e. The number of fused-ring (bicyclic) bond motifs is 1. The second-order valence-corrected chi connectivity index (χ2v) is 7.05. The second kappa shape index (κ2) is 9.34. The fraction of sp³-hybridized carbons (Fsp3) is 0.318. The molecule has 29 heavy (non-hydrogen) atoms. The molecule has 0 aliphatic heterocycles. The van der Waals surface area contributed by atoms with E-state index in [1.54, 1.807) is 25.4 Å². The van der Waals surface area contributed by atoms with Crippen molar-refractivity contribution in [1.82, 2.24) is 14.9 Å². The lowest BCUT2D eigenvalue weighted by molar-refractivity contribution is 0.0527. The van der Waals surface area contributed by atoms with Gasteiger partial charge >= 0.3 is 5.97 Å². The molecular formula is C22H27N5O2. The fourth-order valence-electron chi connectivity index (χ4n) is 3.11. The quantitative estimate of drug-likeness (QED) is 0.447. The predicted octanol–water partition coefficient (Wildman–Crippen LogP) is 3.42. The first-order valence-electron chi connectivity index (χ1n) is 9.70. The van der Waals surface area contributed by atoms with E-state index in [0.29, 0.717) is 18.0 Å². The van der Waals surface area contributed by atoms with Crippen LogP contribution in [-0.2, 0) is 4.74 Å². The van der Waals surface area contributed by atoms with Crippen LogP contribution in [0.5, 0.6) is 0 Å². The number of nitrogens with one attached hydrogen (secondary N) is 1. The van der Waals surface area contributed by atoms with Crippen LogP contribution in [0, 0.1) is 0 Å². The van der Waals surface area contributed by atoms with Crippen molar-refractivity contribution in [3.8, 4) is 11.1 Å². The van der Waals surface area contributed by atoms with Gasteiger partial charge in [0.1, 0.15) is 11.4 Å². The van der Waals surface area contributed by atoms with Gasteiger partial charge in [-0.25, -0.2) is 9.78 Å². The maximum Gasteiger partial charge on any atom is 0.341 e. The molecular weight excluding hydrogens is 366 g/mol. The first-order chi connectivity index (χ1) is 14.0. The molecule has 0 saturated carbocycles. The van der Waals surface area contributed by atoms with E-state index in [9.17, 15) is 4.79 Å². The van der Waals surface area contributed by atoms with Gasteiger partial charge in [-0.2, -0.15) is 0 Å². The Kier molecular flexibility index (Phi) is 6.61. The monoisotopic (exact) mass is 393 g/mol. The molecule has 0 fully saturated rings. The number of hydrogen-bond acceptors (Lipinski definition) is 7. The van der Waals surface area contributed by atoms with E-state index in [1.165, 1.54) is 0 Å². The van der Waals surface area contributed by atoms with Gasteiger partial charge in [0.2, 0.25) is 0 Å². The van der Waals surface area contributed by atoms with Gasteiger partial charge in [0.05, 0.1) is 17.8 Å². The van der Waals surface area contributed by atoms with Crippen LogP contribution >= 0.6 is 0 Å². The zero-order valence-corrected chi connectivity index (χ0v) is 17.1. The van der Waals surface area contributed by atoms with Crippen molar-refractivity contribution in [2.75, 3.05) is 44.8 Å². The highest BCUT2D eigenvalue weighted by atomic mass is 16.5. The first-order valence-corrected chi connectivity index (χ1v) is 9.70. The number of pyridine rings is 2. The molecule has 7 heteroatoms. The highest BCUT2D eigenvalue weighted by Crippen LogP contribution is 2.31. The number of ether oxygens (including phenoxy) is 1. The number of rotatable bonds is 8. The average molecular weight is 393 g/mol. The predicted molar refractivity (Wildman–Crippen MR) is 117 cm³/mol. The van der Waals surface area contributed by atoms with Crippen LogP contribution in [0.4, 0.5) is 11.5 Å². The van der Waals surface area contributed by atoms with Gasteiger partial charge < -0.3 is 20.7 Å².